The molecule has 164 valence electrons. The number of carbonyl (C=O) groups is 4. The van der Waals surface area contributed by atoms with Crippen LogP contribution in [0.1, 0.15) is 31.7 Å². The molecule has 0 fully saturated rings. The van der Waals surface area contributed by atoms with Crippen molar-refractivity contribution in [3.8, 4) is 0 Å². The second-order valence-corrected chi connectivity index (χ2v) is 7.09. The standard InChI is InChI=1S/C22H26N4O5/c1-14-5-3-4-6-18(14)26-22(31)25-17-9-7-16(8-10-17)24-20(28)12-11-19(27)23-15(2)13-21(29)30/h3-10,15H,11-13H2,1-2H3,(H,23,27)(H,24,28)(H,29,30)(H2,25,26,31)/t15-/m1/s1. The van der Waals surface area contributed by atoms with Crippen molar-refractivity contribution < 1.29 is 24.3 Å². The van der Waals surface area contributed by atoms with E-state index in [4.69, 9.17) is 5.11 Å². The topological polar surface area (TPSA) is 137 Å². The zero-order chi connectivity index (χ0) is 22.8. The summed E-state index contributed by atoms with van der Waals surface area (Å²) in [5.74, 6) is -1.74. The number of urea groups is 1. The summed E-state index contributed by atoms with van der Waals surface area (Å²) in [6.07, 6.45) is -0.264. The van der Waals surface area contributed by atoms with E-state index in [1.165, 1.54) is 0 Å². The minimum absolute atomic E-state index is 0.0372. The lowest BCUT2D eigenvalue weighted by Crippen LogP contribution is -2.34. The van der Waals surface area contributed by atoms with Crippen molar-refractivity contribution in [1.29, 1.82) is 0 Å². The minimum atomic E-state index is -1.00. The van der Waals surface area contributed by atoms with Crippen LogP contribution in [0.4, 0.5) is 21.9 Å². The van der Waals surface area contributed by atoms with Crippen LogP contribution in [0.25, 0.3) is 0 Å². The fraction of sp³-hybridized carbons (Fsp3) is 0.273. The third-order valence-corrected chi connectivity index (χ3v) is 4.29. The molecule has 2 aromatic rings. The fourth-order valence-electron chi connectivity index (χ4n) is 2.75. The lowest BCUT2D eigenvalue weighted by atomic mass is 10.2. The van der Waals surface area contributed by atoms with Gasteiger partial charge in [0.15, 0.2) is 0 Å². The molecule has 0 aliphatic carbocycles. The summed E-state index contributed by atoms with van der Waals surface area (Å²) in [5.41, 5.74) is 2.73. The largest absolute Gasteiger partial charge is 0.481 e. The molecule has 0 saturated heterocycles. The fourth-order valence-corrected chi connectivity index (χ4v) is 2.75. The van der Waals surface area contributed by atoms with Gasteiger partial charge in [-0.15, -0.1) is 0 Å². The monoisotopic (exact) mass is 426 g/mol. The summed E-state index contributed by atoms with van der Waals surface area (Å²) in [5, 5.41) is 19.4. The van der Waals surface area contributed by atoms with Gasteiger partial charge in [0.2, 0.25) is 11.8 Å². The Bertz CT molecular complexity index is 943. The van der Waals surface area contributed by atoms with Crippen molar-refractivity contribution in [3.05, 3.63) is 54.1 Å². The minimum Gasteiger partial charge on any atom is -0.481 e. The average molecular weight is 426 g/mol. The van der Waals surface area contributed by atoms with Gasteiger partial charge in [0, 0.05) is 35.9 Å². The maximum absolute atomic E-state index is 12.1. The van der Waals surface area contributed by atoms with Crippen molar-refractivity contribution in [1.82, 2.24) is 5.32 Å². The number of para-hydroxylation sites is 1. The first kappa shape index (κ1) is 23.4. The molecule has 4 amide bonds. The molecular weight excluding hydrogens is 400 g/mol. The van der Waals surface area contributed by atoms with Crippen LogP contribution in [0.2, 0.25) is 0 Å². The molecule has 2 rings (SSSR count). The Kier molecular flexibility index (Phi) is 8.56. The molecular formula is C22H26N4O5. The molecule has 5 N–H and O–H groups in total. The molecule has 1 atom stereocenters. The quantitative estimate of drug-likeness (QED) is 0.419. The first-order valence-electron chi connectivity index (χ1n) is 9.77. The van der Waals surface area contributed by atoms with Gasteiger partial charge in [-0.05, 0) is 49.7 Å². The summed E-state index contributed by atoms with van der Waals surface area (Å²) < 4.78 is 0. The predicted octanol–water partition coefficient (Wildman–Crippen LogP) is 3.34. The molecule has 0 saturated carbocycles. The Morgan fingerprint density at radius 3 is 2.03 bits per heavy atom. The van der Waals surface area contributed by atoms with Gasteiger partial charge in [0.1, 0.15) is 0 Å². The van der Waals surface area contributed by atoms with Gasteiger partial charge in [-0.3, -0.25) is 14.4 Å². The Labute approximate surface area is 180 Å². The lowest BCUT2D eigenvalue weighted by molar-refractivity contribution is -0.137. The van der Waals surface area contributed by atoms with Gasteiger partial charge in [0.05, 0.1) is 6.42 Å². The molecule has 0 bridgehead atoms. The zero-order valence-electron chi connectivity index (χ0n) is 17.4. The van der Waals surface area contributed by atoms with Crippen molar-refractivity contribution in [3.63, 3.8) is 0 Å². The van der Waals surface area contributed by atoms with E-state index in [9.17, 15) is 19.2 Å². The number of carbonyl (C=O) groups excluding carboxylic acids is 3. The maximum atomic E-state index is 12.1. The van der Waals surface area contributed by atoms with E-state index in [2.05, 4.69) is 21.3 Å². The second kappa shape index (κ2) is 11.3. The van der Waals surface area contributed by atoms with Crippen molar-refractivity contribution >= 4 is 40.9 Å². The van der Waals surface area contributed by atoms with E-state index in [0.717, 1.165) is 5.56 Å². The highest BCUT2D eigenvalue weighted by Gasteiger charge is 2.12. The number of aliphatic carboxylic acids is 1. The van der Waals surface area contributed by atoms with Crippen LogP contribution in [-0.4, -0.2) is 35.0 Å². The normalized spacial score (nSPS) is 11.2. The number of nitrogens with one attached hydrogen (secondary N) is 4. The molecule has 0 unspecified atom stereocenters. The summed E-state index contributed by atoms with van der Waals surface area (Å²) in [6, 6.07) is 13.1. The van der Waals surface area contributed by atoms with E-state index in [1.54, 1.807) is 37.3 Å². The van der Waals surface area contributed by atoms with Gasteiger partial charge in [-0.1, -0.05) is 18.2 Å². The van der Waals surface area contributed by atoms with Gasteiger partial charge in [0.25, 0.3) is 0 Å². The van der Waals surface area contributed by atoms with Gasteiger partial charge >= 0.3 is 12.0 Å². The smallest absolute Gasteiger partial charge is 0.323 e. The van der Waals surface area contributed by atoms with Crippen molar-refractivity contribution in [2.75, 3.05) is 16.0 Å². The number of carboxylic acids is 1. The summed E-state index contributed by atoms with van der Waals surface area (Å²) in [4.78, 5) is 46.5. The second-order valence-electron chi connectivity index (χ2n) is 7.09. The number of hydrogen-bond acceptors (Lipinski definition) is 4. The first-order chi connectivity index (χ1) is 14.7. The molecule has 0 radical (unpaired) electrons. The van der Waals surface area contributed by atoms with Crippen LogP contribution >= 0.6 is 0 Å². The highest BCUT2D eigenvalue weighted by molar-refractivity contribution is 6.00. The molecule has 0 spiro atoms. The Morgan fingerprint density at radius 1 is 0.839 bits per heavy atom. The van der Waals surface area contributed by atoms with Crippen LogP contribution < -0.4 is 21.3 Å². The number of benzene rings is 2. The Balaban J connectivity index is 1.76. The predicted molar refractivity (Wildman–Crippen MR) is 118 cm³/mol. The van der Waals surface area contributed by atoms with Gasteiger partial charge < -0.3 is 26.4 Å². The molecule has 0 aliphatic heterocycles. The number of aryl methyl sites for hydroxylation is 1. The highest BCUT2D eigenvalue weighted by atomic mass is 16.4. The van der Waals surface area contributed by atoms with Crippen LogP contribution in [0.15, 0.2) is 48.5 Å². The lowest BCUT2D eigenvalue weighted by Gasteiger charge is -2.12. The number of carboxylic acid groups (broad SMARTS) is 1. The van der Waals surface area contributed by atoms with Crippen LogP contribution in [0, 0.1) is 6.92 Å². The Morgan fingerprint density at radius 2 is 1.42 bits per heavy atom. The van der Waals surface area contributed by atoms with E-state index in [1.807, 2.05) is 25.1 Å². The summed E-state index contributed by atoms with van der Waals surface area (Å²) in [7, 11) is 0. The number of hydrogen-bond donors (Lipinski definition) is 5. The summed E-state index contributed by atoms with van der Waals surface area (Å²) >= 11 is 0. The summed E-state index contributed by atoms with van der Waals surface area (Å²) in [6.45, 7) is 3.48. The van der Waals surface area contributed by atoms with Gasteiger partial charge in [-0.2, -0.15) is 0 Å². The van der Waals surface area contributed by atoms with Gasteiger partial charge in [-0.25, -0.2) is 4.79 Å². The van der Waals surface area contributed by atoms with Crippen LogP contribution in [0.5, 0.6) is 0 Å². The molecule has 0 heterocycles. The third-order valence-electron chi connectivity index (χ3n) is 4.29. The zero-order valence-corrected chi connectivity index (χ0v) is 17.4. The molecule has 2 aromatic carbocycles. The van der Waals surface area contributed by atoms with Crippen molar-refractivity contribution in [2.24, 2.45) is 0 Å². The van der Waals surface area contributed by atoms with E-state index >= 15 is 0 Å². The average Bonchev–Trinajstić information content (AvgIpc) is 2.69. The molecule has 31 heavy (non-hydrogen) atoms. The highest BCUT2D eigenvalue weighted by Crippen LogP contribution is 2.16. The van der Waals surface area contributed by atoms with E-state index in [0.29, 0.717) is 17.1 Å². The van der Waals surface area contributed by atoms with Crippen LogP contribution in [-0.2, 0) is 14.4 Å². The first-order valence-corrected chi connectivity index (χ1v) is 9.77. The molecule has 9 heteroatoms. The van der Waals surface area contributed by atoms with E-state index < -0.39 is 12.0 Å². The van der Waals surface area contributed by atoms with Crippen LogP contribution in [0.3, 0.4) is 0 Å². The number of amides is 4. The van der Waals surface area contributed by atoms with E-state index in [-0.39, 0.29) is 37.1 Å². The van der Waals surface area contributed by atoms with Crippen molar-refractivity contribution in [2.45, 2.75) is 39.2 Å². The number of rotatable bonds is 9. The molecule has 0 aromatic heterocycles. The molecule has 9 nitrogen and oxygen atoms in total. The number of anilines is 3. The SMILES string of the molecule is Cc1ccccc1NC(=O)Nc1ccc(NC(=O)CCC(=O)N[C@H](C)CC(=O)O)cc1. The Hall–Kier alpha value is -3.88. The molecule has 0 aliphatic rings. The maximum Gasteiger partial charge on any atom is 0.323 e. The third kappa shape index (κ3) is 8.57.